The number of ether oxygens (including phenoxy) is 1. The molecule has 3 N–H and O–H groups in total. The molecule has 0 aliphatic heterocycles. The Morgan fingerprint density at radius 1 is 1.26 bits per heavy atom. The molecule has 0 saturated heterocycles. The van der Waals surface area contributed by atoms with Crippen molar-refractivity contribution < 1.29 is 29.6 Å². The first-order valence-corrected chi connectivity index (χ1v) is 11.4. The number of rotatable bonds is 11. The van der Waals surface area contributed by atoms with Crippen LogP contribution >= 0.6 is 0 Å². The highest BCUT2D eigenvalue weighted by Crippen LogP contribution is 2.39. The molecule has 0 aromatic rings. The molecule has 0 radical (unpaired) electrons. The molecule has 0 aromatic heterocycles. The van der Waals surface area contributed by atoms with E-state index < -0.39 is 18.2 Å². The summed E-state index contributed by atoms with van der Waals surface area (Å²) in [6, 6.07) is 0. The van der Waals surface area contributed by atoms with Gasteiger partial charge in [-0.15, -0.1) is 5.92 Å². The summed E-state index contributed by atoms with van der Waals surface area (Å²) in [6.45, 7) is 3.34. The Labute approximate surface area is 185 Å². The molecule has 0 amide bonds. The molecule has 172 valence electrons. The SMILES string of the molecule is CC(=O)O[C@H]1C[C@@H](O)[C@H](/C=C/[C@@H](O)[C@@H](C)CC#CC2CC2)[C@H]1CCCC/C=C/C(=O)O. The van der Waals surface area contributed by atoms with E-state index in [4.69, 9.17) is 9.84 Å². The number of carbonyl (C=O) groups is 2. The van der Waals surface area contributed by atoms with Crippen LogP contribution in [0.15, 0.2) is 24.3 Å². The average Bonchev–Trinajstić information content (AvgIpc) is 3.47. The molecule has 2 rings (SSSR count). The third-order valence-corrected chi connectivity index (χ3v) is 6.05. The predicted molar refractivity (Wildman–Crippen MR) is 118 cm³/mol. The normalized spacial score (nSPS) is 27.7. The van der Waals surface area contributed by atoms with Gasteiger partial charge in [0, 0.05) is 43.6 Å². The van der Waals surface area contributed by atoms with Gasteiger partial charge in [-0.3, -0.25) is 4.79 Å². The number of hydrogen-bond acceptors (Lipinski definition) is 5. The maximum absolute atomic E-state index is 11.5. The van der Waals surface area contributed by atoms with Crippen LogP contribution in [-0.4, -0.2) is 45.6 Å². The molecule has 2 aliphatic carbocycles. The molecule has 0 bridgehead atoms. The number of aliphatic hydroxyl groups is 2. The zero-order chi connectivity index (χ0) is 22.8. The van der Waals surface area contributed by atoms with Gasteiger partial charge in [-0.05, 0) is 38.0 Å². The van der Waals surface area contributed by atoms with Crippen LogP contribution in [0.1, 0.15) is 65.2 Å². The van der Waals surface area contributed by atoms with Crippen molar-refractivity contribution in [3.8, 4) is 11.8 Å². The Bertz CT molecular complexity index is 711. The number of carboxylic acids is 1. The molecule has 0 heterocycles. The van der Waals surface area contributed by atoms with Crippen molar-refractivity contribution in [2.75, 3.05) is 0 Å². The first-order valence-electron chi connectivity index (χ1n) is 11.4. The van der Waals surface area contributed by atoms with Crippen molar-refractivity contribution in [2.24, 2.45) is 23.7 Å². The molecule has 31 heavy (non-hydrogen) atoms. The van der Waals surface area contributed by atoms with Crippen LogP contribution in [0.3, 0.4) is 0 Å². The maximum Gasteiger partial charge on any atom is 0.327 e. The van der Waals surface area contributed by atoms with E-state index >= 15 is 0 Å². The largest absolute Gasteiger partial charge is 0.478 e. The van der Waals surface area contributed by atoms with Gasteiger partial charge in [-0.25, -0.2) is 4.79 Å². The van der Waals surface area contributed by atoms with Gasteiger partial charge in [0.05, 0.1) is 12.2 Å². The molecule has 6 heteroatoms. The van der Waals surface area contributed by atoms with Gasteiger partial charge in [0.2, 0.25) is 0 Å². The second-order valence-corrected chi connectivity index (χ2v) is 8.87. The Balaban J connectivity index is 1.92. The molecule has 2 aliphatic rings. The highest BCUT2D eigenvalue weighted by molar-refractivity contribution is 5.79. The number of carbonyl (C=O) groups excluding carboxylic acids is 1. The van der Waals surface area contributed by atoms with E-state index in [1.165, 1.54) is 19.8 Å². The van der Waals surface area contributed by atoms with E-state index in [9.17, 15) is 19.8 Å². The third-order valence-electron chi connectivity index (χ3n) is 6.05. The van der Waals surface area contributed by atoms with Gasteiger partial charge < -0.3 is 20.1 Å². The fraction of sp³-hybridized carbons (Fsp3) is 0.680. The monoisotopic (exact) mass is 432 g/mol. The minimum Gasteiger partial charge on any atom is -0.478 e. The van der Waals surface area contributed by atoms with E-state index in [1.807, 2.05) is 13.0 Å². The fourth-order valence-corrected chi connectivity index (χ4v) is 4.07. The average molecular weight is 433 g/mol. The summed E-state index contributed by atoms with van der Waals surface area (Å²) in [5.74, 6) is 5.38. The molecule has 2 saturated carbocycles. The number of carboxylic acid groups (broad SMARTS) is 1. The van der Waals surface area contributed by atoms with Crippen LogP contribution in [0.5, 0.6) is 0 Å². The summed E-state index contributed by atoms with van der Waals surface area (Å²) in [4.78, 5) is 22.0. The Kier molecular flexibility index (Phi) is 10.3. The Morgan fingerprint density at radius 3 is 2.65 bits per heavy atom. The first kappa shape index (κ1) is 25.2. The van der Waals surface area contributed by atoms with Gasteiger partial charge in [-0.1, -0.05) is 37.5 Å². The number of aliphatic carboxylic acids is 1. The van der Waals surface area contributed by atoms with Gasteiger partial charge >= 0.3 is 11.9 Å². The quantitative estimate of drug-likeness (QED) is 0.152. The van der Waals surface area contributed by atoms with Crippen molar-refractivity contribution in [1.29, 1.82) is 0 Å². The summed E-state index contributed by atoms with van der Waals surface area (Å²) in [6.07, 6.45) is 11.2. The van der Waals surface area contributed by atoms with E-state index in [-0.39, 0.29) is 29.8 Å². The van der Waals surface area contributed by atoms with Crippen LogP contribution in [0.2, 0.25) is 0 Å². The Morgan fingerprint density at radius 2 is 2.00 bits per heavy atom. The number of esters is 1. The number of aliphatic hydroxyl groups excluding tert-OH is 2. The highest BCUT2D eigenvalue weighted by Gasteiger charge is 2.42. The molecule has 0 aromatic carbocycles. The van der Waals surface area contributed by atoms with E-state index in [0.29, 0.717) is 25.2 Å². The lowest BCUT2D eigenvalue weighted by Crippen LogP contribution is -2.25. The number of allylic oxidation sites excluding steroid dienone is 1. The van der Waals surface area contributed by atoms with Crippen molar-refractivity contribution in [3.05, 3.63) is 24.3 Å². The smallest absolute Gasteiger partial charge is 0.327 e. The summed E-state index contributed by atoms with van der Waals surface area (Å²) >= 11 is 0. The molecular weight excluding hydrogens is 396 g/mol. The minimum atomic E-state index is -0.953. The van der Waals surface area contributed by atoms with Crippen molar-refractivity contribution in [3.63, 3.8) is 0 Å². The topological polar surface area (TPSA) is 104 Å². The molecular formula is C25H36O6. The molecule has 6 nitrogen and oxygen atoms in total. The van der Waals surface area contributed by atoms with Crippen molar-refractivity contribution in [1.82, 2.24) is 0 Å². The zero-order valence-electron chi connectivity index (χ0n) is 18.6. The summed E-state index contributed by atoms with van der Waals surface area (Å²) in [5, 5.41) is 29.7. The second kappa shape index (κ2) is 12.7. The van der Waals surface area contributed by atoms with E-state index in [2.05, 4.69) is 11.8 Å². The summed E-state index contributed by atoms with van der Waals surface area (Å²) < 4.78 is 5.46. The van der Waals surface area contributed by atoms with Gasteiger partial charge in [0.1, 0.15) is 6.10 Å². The predicted octanol–water partition coefficient (Wildman–Crippen LogP) is 3.47. The highest BCUT2D eigenvalue weighted by atomic mass is 16.5. The first-order chi connectivity index (χ1) is 14.8. The zero-order valence-corrected chi connectivity index (χ0v) is 18.6. The second-order valence-electron chi connectivity index (χ2n) is 8.87. The van der Waals surface area contributed by atoms with Crippen LogP contribution in [-0.2, 0) is 14.3 Å². The van der Waals surface area contributed by atoms with Crippen LogP contribution in [0.25, 0.3) is 0 Å². The van der Waals surface area contributed by atoms with Crippen LogP contribution in [0, 0.1) is 35.5 Å². The lowest BCUT2D eigenvalue weighted by Gasteiger charge is -2.23. The molecule has 2 fully saturated rings. The Hall–Kier alpha value is -2.10. The lowest BCUT2D eigenvalue weighted by molar-refractivity contribution is -0.148. The van der Waals surface area contributed by atoms with E-state index in [1.54, 1.807) is 12.2 Å². The van der Waals surface area contributed by atoms with Gasteiger partial charge in [0.15, 0.2) is 0 Å². The number of unbranched alkanes of at least 4 members (excludes halogenated alkanes) is 2. The molecule has 0 unspecified atom stereocenters. The third kappa shape index (κ3) is 9.28. The standard InChI is InChI=1S/C25H36O6/c1-17(8-7-9-19-12-13-19)22(27)15-14-20-21(10-5-3-4-6-11-25(29)30)24(16-23(20)28)31-18(2)26/h6,11,14-15,17,19-24,27-28H,3-5,8,10,12-13,16H2,1-2H3,(H,29,30)/b11-6+,15-14+/t17-,20+,21+,22+,23+,24-/m0/s1. The molecule has 6 atom stereocenters. The minimum absolute atomic E-state index is 0.00443. The fourth-order valence-electron chi connectivity index (χ4n) is 4.07. The maximum atomic E-state index is 11.5. The summed E-state index contributed by atoms with van der Waals surface area (Å²) in [5.41, 5.74) is 0. The lowest BCUT2D eigenvalue weighted by atomic mass is 9.87. The van der Waals surface area contributed by atoms with E-state index in [0.717, 1.165) is 25.3 Å². The van der Waals surface area contributed by atoms with Crippen LogP contribution in [0.4, 0.5) is 0 Å². The van der Waals surface area contributed by atoms with Crippen molar-refractivity contribution >= 4 is 11.9 Å². The van der Waals surface area contributed by atoms with Gasteiger partial charge in [-0.2, -0.15) is 0 Å². The van der Waals surface area contributed by atoms with Crippen LogP contribution < -0.4 is 0 Å². The number of hydrogen-bond donors (Lipinski definition) is 3. The van der Waals surface area contributed by atoms with Crippen molar-refractivity contribution in [2.45, 2.75) is 83.5 Å². The molecule has 0 spiro atoms. The summed E-state index contributed by atoms with van der Waals surface area (Å²) in [7, 11) is 0. The van der Waals surface area contributed by atoms with Gasteiger partial charge in [0.25, 0.3) is 0 Å².